The van der Waals surface area contributed by atoms with Crippen LogP contribution in [0.2, 0.25) is 0 Å². The second-order valence-corrected chi connectivity index (χ2v) is 7.68. The first-order valence-corrected chi connectivity index (χ1v) is 11.0. The van der Waals surface area contributed by atoms with Crippen LogP contribution in [0, 0.1) is 0 Å². The van der Waals surface area contributed by atoms with Gasteiger partial charge >= 0.3 is 0 Å². The molecule has 2 aromatic rings. The molecule has 2 rings (SSSR count). The normalized spacial score (nSPS) is 10.3. The van der Waals surface area contributed by atoms with E-state index in [1.807, 2.05) is 31.2 Å². The Morgan fingerprint density at radius 2 is 1.79 bits per heavy atom. The van der Waals surface area contributed by atoms with Crippen LogP contribution in [0.15, 0.2) is 46.9 Å². The number of thiocarbonyl (C=S) groups is 1. The van der Waals surface area contributed by atoms with Gasteiger partial charge in [0.25, 0.3) is 5.91 Å². The van der Waals surface area contributed by atoms with Crippen molar-refractivity contribution in [3.8, 4) is 11.5 Å². The molecule has 1 amide bonds. The lowest BCUT2D eigenvalue weighted by Gasteiger charge is -2.12. The third-order valence-electron chi connectivity index (χ3n) is 4.10. The predicted molar refractivity (Wildman–Crippen MR) is 125 cm³/mol. The first-order chi connectivity index (χ1) is 14.0. The zero-order valence-electron chi connectivity index (χ0n) is 16.8. The van der Waals surface area contributed by atoms with E-state index in [2.05, 4.69) is 33.5 Å². The smallest absolute Gasteiger partial charge is 0.257 e. The zero-order valence-corrected chi connectivity index (χ0v) is 19.2. The number of nitrogens with one attached hydrogen (secondary N) is 2. The van der Waals surface area contributed by atoms with Crippen molar-refractivity contribution >= 4 is 44.9 Å². The number of halogens is 1. The number of amides is 1. The number of benzene rings is 2. The van der Waals surface area contributed by atoms with Gasteiger partial charge in [0.15, 0.2) is 5.11 Å². The Labute approximate surface area is 186 Å². The number of unbranched alkanes of at least 4 members (excludes halogenated alkanes) is 3. The molecule has 0 bridgehead atoms. The Morgan fingerprint density at radius 1 is 1.03 bits per heavy atom. The molecule has 0 radical (unpaired) electrons. The van der Waals surface area contributed by atoms with E-state index in [0.717, 1.165) is 34.5 Å². The fraction of sp³-hybridized carbons (Fsp3) is 0.364. The highest BCUT2D eigenvalue weighted by atomic mass is 79.9. The van der Waals surface area contributed by atoms with Crippen LogP contribution in [0.25, 0.3) is 0 Å². The van der Waals surface area contributed by atoms with E-state index in [-0.39, 0.29) is 11.0 Å². The molecular formula is C22H27BrN2O3S. The number of hydrogen-bond acceptors (Lipinski definition) is 4. The standard InChI is InChI=1S/C22H27BrN2O3S/c1-3-5-6-7-14-28-20-13-8-16(15-19(20)23)21(26)25-22(29)24-17-9-11-18(12-10-17)27-4-2/h8-13,15H,3-7,14H2,1-2H3,(H2,24,25,26,29). The van der Waals surface area contributed by atoms with Gasteiger partial charge in [-0.3, -0.25) is 10.1 Å². The highest BCUT2D eigenvalue weighted by Gasteiger charge is 2.11. The molecule has 0 aromatic heterocycles. The third kappa shape index (κ3) is 8.03. The quantitative estimate of drug-likeness (QED) is 0.327. The molecule has 5 nitrogen and oxygen atoms in total. The zero-order chi connectivity index (χ0) is 21.1. The van der Waals surface area contributed by atoms with Crippen LogP contribution in [0.1, 0.15) is 49.9 Å². The summed E-state index contributed by atoms with van der Waals surface area (Å²) in [6.45, 7) is 5.39. The number of rotatable bonds is 10. The van der Waals surface area contributed by atoms with Crippen molar-refractivity contribution < 1.29 is 14.3 Å². The molecule has 0 fully saturated rings. The third-order valence-corrected chi connectivity index (χ3v) is 4.92. The fourth-order valence-corrected chi connectivity index (χ4v) is 3.31. The van der Waals surface area contributed by atoms with Crippen molar-refractivity contribution in [3.05, 3.63) is 52.5 Å². The van der Waals surface area contributed by atoms with Crippen molar-refractivity contribution in [2.75, 3.05) is 18.5 Å². The first kappa shape index (κ1) is 23.2. The Morgan fingerprint density at radius 3 is 2.45 bits per heavy atom. The van der Waals surface area contributed by atoms with Gasteiger partial charge in [-0.1, -0.05) is 26.2 Å². The van der Waals surface area contributed by atoms with Gasteiger partial charge in [0.2, 0.25) is 0 Å². The summed E-state index contributed by atoms with van der Waals surface area (Å²) in [5.41, 5.74) is 1.26. The molecule has 0 heterocycles. The molecular weight excluding hydrogens is 452 g/mol. The number of ether oxygens (including phenoxy) is 2. The number of carbonyl (C=O) groups is 1. The van der Waals surface area contributed by atoms with Gasteiger partial charge in [-0.25, -0.2) is 0 Å². The van der Waals surface area contributed by atoms with E-state index < -0.39 is 0 Å². The maximum absolute atomic E-state index is 12.5. The lowest BCUT2D eigenvalue weighted by molar-refractivity contribution is 0.0977. The highest BCUT2D eigenvalue weighted by Crippen LogP contribution is 2.26. The predicted octanol–water partition coefficient (Wildman–Crippen LogP) is 5.93. The number of carbonyl (C=O) groups excluding carboxylic acids is 1. The van der Waals surface area contributed by atoms with Crippen molar-refractivity contribution in [1.82, 2.24) is 5.32 Å². The van der Waals surface area contributed by atoms with Gasteiger partial charge in [0.05, 0.1) is 17.7 Å². The monoisotopic (exact) mass is 478 g/mol. The van der Waals surface area contributed by atoms with Crippen LogP contribution in [-0.4, -0.2) is 24.2 Å². The minimum atomic E-state index is -0.288. The Hall–Kier alpha value is -2.12. The van der Waals surface area contributed by atoms with E-state index in [9.17, 15) is 4.79 Å². The van der Waals surface area contributed by atoms with Crippen LogP contribution in [0.3, 0.4) is 0 Å². The van der Waals surface area contributed by atoms with E-state index >= 15 is 0 Å². The Bertz CT molecular complexity index is 812. The van der Waals surface area contributed by atoms with Crippen LogP contribution in [0.4, 0.5) is 5.69 Å². The lowest BCUT2D eigenvalue weighted by Crippen LogP contribution is -2.34. The van der Waals surface area contributed by atoms with Crippen LogP contribution in [0.5, 0.6) is 11.5 Å². The van der Waals surface area contributed by atoms with Gasteiger partial charge < -0.3 is 14.8 Å². The first-order valence-electron chi connectivity index (χ1n) is 9.81. The largest absolute Gasteiger partial charge is 0.494 e. The average Bonchev–Trinajstić information content (AvgIpc) is 2.70. The van der Waals surface area contributed by atoms with E-state index in [4.69, 9.17) is 21.7 Å². The summed E-state index contributed by atoms with van der Waals surface area (Å²) >= 11 is 8.71. The van der Waals surface area contributed by atoms with Crippen molar-refractivity contribution in [2.45, 2.75) is 39.5 Å². The van der Waals surface area contributed by atoms with E-state index in [1.165, 1.54) is 12.8 Å². The number of hydrogen-bond donors (Lipinski definition) is 2. The Kier molecular flexibility index (Phi) is 9.94. The van der Waals surface area contributed by atoms with Gasteiger partial charge in [0.1, 0.15) is 11.5 Å². The molecule has 0 aliphatic rings. The molecule has 0 aliphatic heterocycles. The topological polar surface area (TPSA) is 59.6 Å². The lowest BCUT2D eigenvalue weighted by atomic mass is 10.2. The van der Waals surface area contributed by atoms with E-state index in [1.54, 1.807) is 18.2 Å². The summed E-state index contributed by atoms with van der Waals surface area (Å²) in [5, 5.41) is 5.90. The molecule has 29 heavy (non-hydrogen) atoms. The molecule has 0 unspecified atom stereocenters. The number of anilines is 1. The molecule has 0 spiro atoms. The van der Waals surface area contributed by atoms with E-state index in [0.29, 0.717) is 18.8 Å². The maximum atomic E-state index is 12.5. The molecule has 0 saturated heterocycles. The maximum Gasteiger partial charge on any atom is 0.257 e. The summed E-state index contributed by atoms with van der Waals surface area (Å²) in [5.74, 6) is 1.22. The summed E-state index contributed by atoms with van der Waals surface area (Å²) in [6, 6.07) is 12.6. The molecule has 0 atom stereocenters. The van der Waals surface area contributed by atoms with Crippen molar-refractivity contribution in [3.63, 3.8) is 0 Å². The second kappa shape index (κ2) is 12.4. The molecule has 0 saturated carbocycles. The van der Waals surface area contributed by atoms with Gasteiger partial charge in [-0.05, 0) is 84.0 Å². The van der Waals surface area contributed by atoms with Gasteiger partial charge in [-0.15, -0.1) is 0 Å². The van der Waals surface area contributed by atoms with Crippen molar-refractivity contribution in [1.29, 1.82) is 0 Å². The summed E-state index contributed by atoms with van der Waals surface area (Å²) in [4.78, 5) is 12.5. The average molecular weight is 479 g/mol. The highest BCUT2D eigenvalue weighted by molar-refractivity contribution is 9.10. The SMILES string of the molecule is CCCCCCOc1ccc(C(=O)NC(=S)Nc2ccc(OCC)cc2)cc1Br. The fourth-order valence-electron chi connectivity index (χ4n) is 2.61. The van der Waals surface area contributed by atoms with Gasteiger partial charge in [0, 0.05) is 11.3 Å². The summed E-state index contributed by atoms with van der Waals surface area (Å²) in [6.07, 6.45) is 4.60. The molecule has 2 aromatic carbocycles. The van der Waals surface area contributed by atoms with Gasteiger partial charge in [-0.2, -0.15) is 0 Å². The minimum Gasteiger partial charge on any atom is -0.494 e. The van der Waals surface area contributed by atoms with Crippen LogP contribution < -0.4 is 20.1 Å². The summed E-state index contributed by atoms with van der Waals surface area (Å²) < 4.78 is 11.9. The Balaban J connectivity index is 1.86. The molecule has 7 heteroatoms. The second-order valence-electron chi connectivity index (χ2n) is 6.42. The van der Waals surface area contributed by atoms with Crippen molar-refractivity contribution in [2.24, 2.45) is 0 Å². The summed E-state index contributed by atoms with van der Waals surface area (Å²) in [7, 11) is 0. The molecule has 0 aliphatic carbocycles. The van der Waals surface area contributed by atoms with Crippen LogP contribution >= 0.6 is 28.1 Å². The molecule has 2 N–H and O–H groups in total. The minimum absolute atomic E-state index is 0.228. The molecule has 156 valence electrons. The van der Waals surface area contributed by atoms with Crippen LogP contribution in [-0.2, 0) is 0 Å².